The maximum absolute atomic E-state index is 6.90. The second-order valence-corrected chi connectivity index (χ2v) is 13.8. The van der Waals surface area contributed by atoms with Crippen LogP contribution in [0.2, 0.25) is 0 Å². The Morgan fingerprint density at radius 3 is 1.91 bits per heavy atom. The lowest BCUT2D eigenvalue weighted by Crippen LogP contribution is -2.24. The van der Waals surface area contributed by atoms with Crippen LogP contribution in [0.3, 0.4) is 0 Å². The van der Waals surface area contributed by atoms with E-state index in [1.807, 2.05) is 18.2 Å². The van der Waals surface area contributed by atoms with Crippen molar-refractivity contribution >= 4 is 83.5 Å². The van der Waals surface area contributed by atoms with E-state index >= 15 is 0 Å². The molecule has 254 valence electrons. The lowest BCUT2D eigenvalue weighted by Gasteiger charge is -2.29. The number of hydrogen-bond acceptors (Lipinski definition) is 2. The Labute approximate surface area is 313 Å². The summed E-state index contributed by atoms with van der Waals surface area (Å²) in [5, 5.41) is 11.4. The third-order valence-electron chi connectivity index (χ3n) is 10.8. The number of rotatable bonds is 6. The van der Waals surface area contributed by atoms with E-state index in [4.69, 9.17) is 4.42 Å². The number of anilines is 3. The number of nitrogens with zero attached hydrogens (tertiary/aromatic N) is 1. The summed E-state index contributed by atoms with van der Waals surface area (Å²) in [6.45, 7) is 8.49. The molecule has 0 saturated carbocycles. The highest BCUT2D eigenvalue weighted by atomic mass is 16.3. The third-order valence-corrected chi connectivity index (χ3v) is 10.8. The molecule has 0 aliphatic carbocycles. The minimum absolute atomic E-state index is 0.882. The van der Waals surface area contributed by atoms with Gasteiger partial charge in [0, 0.05) is 38.4 Å². The molecule has 0 N–H and O–H groups in total. The van der Waals surface area contributed by atoms with Crippen molar-refractivity contribution < 1.29 is 4.42 Å². The molecule has 0 radical (unpaired) electrons. The molecule has 0 aliphatic rings. The summed E-state index contributed by atoms with van der Waals surface area (Å²) in [6.07, 6.45) is 1.93. The highest BCUT2D eigenvalue weighted by molar-refractivity contribution is 6.18. The molecule has 0 fully saturated rings. The first-order valence-corrected chi connectivity index (χ1v) is 18.3. The molecule has 0 amide bonds. The summed E-state index contributed by atoms with van der Waals surface area (Å²) in [5.74, 6) is 0. The van der Waals surface area contributed by atoms with Gasteiger partial charge < -0.3 is 9.32 Å². The van der Waals surface area contributed by atoms with Gasteiger partial charge in [-0.05, 0) is 73.5 Å². The Hall–Kier alpha value is -7.16. The van der Waals surface area contributed by atoms with Gasteiger partial charge in [0.1, 0.15) is 11.2 Å². The van der Waals surface area contributed by atoms with E-state index in [-0.39, 0.29) is 0 Å². The highest BCUT2D eigenvalue weighted by Gasteiger charge is 2.23. The molecule has 2 heteroatoms. The van der Waals surface area contributed by atoms with Crippen molar-refractivity contribution in [1.82, 2.24) is 0 Å². The fourth-order valence-electron chi connectivity index (χ4n) is 8.22. The Kier molecular flexibility index (Phi) is 7.49. The molecule has 10 aromatic rings. The maximum atomic E-state index is 6.90. The largest absolute Gasteiger partial charge is 0.455 e. The zero-order chi connectivity index (χ0) is 36.2. The van der Waals surface area contributed by atoms with Crippen LogP contribution >= 0.6 is 0 Å². The molecular weight excluding hydrogens is 655 g/mol. The van der Waals surface area contributed by atoms with Crippen molar-refractivity contribution in [3.63, 3.8) is 0 Å². The van der Waals surface area contributed by atoms with Crippen molar-refractivity contribution in [3.05, 3.63) is 211 Å². The monoisotopic (exact) mass is 689 g/mol. The van der Waals surface area contributed by atoms with Crippen LogP contribution in [0.1, 0.15) is 5.56 Å². The topological polar surface area (TPSA) is 16.4 Å². The van der Waals surface area contributed by atoms with E-state index in [9.17, 15) is 0 Å². The van der Waals surface area contributed by atoms with Crippen molar-refractivity contribution in [1.29, 1.82) is 0 Å². The van der Waals surface area contributed by atoms with Crippen LogP contribution in [0, 0.1) is 0 Å². The quantitative estimate of drug-likeness (QED) is 0.162. The van der Waals surface area contributed by atoms with E-state index in [0.717, 1.165) is 77.1 Å². The molecular formula is C52H35NO. The van der Waals surface area contributed by atoms with Gasteiger partial charge in [-0.2, -0.15) is 0 Å². The second kappa shape index (κ2) is 12.8. The van der Waals surface area contributed by atoms with Crippen molar-refractivity contribution in [3.8, 4) is 11.1 Å². The Morgan fingerprint density at radius 1 is 0.463 bits per heavy atom. The number of furan rings is 1. The van der Waals surface area contributed by atoms with Gasteiger partial charge in [-0.1, -0.05) is 171 Å². The number of hydrogen-bond donors (Lipinski definition) is 0. The average molecular weight is 690 g/mol. The van der Waals surface area contributed by atoms with Gasteiger partial charge in [0.2, 0.25) is 0 Å². The van der Waals surface area contributed by atoms with Crippen LogP contribution in [0.25, 0.3) is 77.5 Å². The SMILES string of the molecule is C=C/C(c1ccc(N(c2ccccc2-c2cccc3c2oc2c4ccccc4ccc32)c2cc3ccccc3c3ccccc23)cc1)=c1/ccccc1=C. The second-order valence-electron chi connectivity index (χ2n) is 13.8. The molecule has 1 heterocycles. The van der Waals surface area contributed by atoms with E-state index in [0.29, 0.717) is 0 Å². The van der Waals surface area contributed by atoms with Gasteiger partial charge in [0.25, 0.3) is 0 Å². The smallest absolute Gasteiger partial charge is 0.143 e. The van der Waals surface area contributed by atoms with E-state index < -0.39 is 0 Å². The molecule has 0 atom stereocenters. The lowest BCUT2D eigenvalue weighted by atomic mass is 9.96. The van der Waals surface area contributed by atoms with Crippen LogP contribution in [-0.2, 0) is 0 Å². The fraction of sp³-hybridized carbons (Fsp3) is 0. The van der Waals surface area contributed by atoms with Crippen LogP contribution < -0.4 is 15.3 Å². The Bertz CT molecular complexity index is 3200. The molecule has 0 unspecified atom stereocenters. The summed E-state index contributed by atoms with van der Waals surface area (Å²) in [4.78, 5) is 2.41. The van der Waals surface area contributed by atoms with E-state index in [1.165, 1.54) is 26.9 Å². The summed E-state index contributed by atoms with van der Waals surface area (Å²) in [7, 11) is 0. The zero-order valence-electron chi connectivity index (χ0n) is 29.7. The van der Waals surface area contributed by atoms with E-state index in [2.05, 4.69) is 188 Å². The highest BCUT2D eigenvalue weighted by Crippen LogP contribution is 2.47. The minimum Gasteiger partial charge on any atom is -0.455 e. The number of benzene rings is 9. The molecule has 0 saturated heterocycles. The first-order chi connectivity index (χ1) is 26.7. The van der Waals surface area contributed by atoms with Crippen molar-refractivity contribution in [2.45, 2.75) is 0 Å². The van der Waals surface area contributed by atoms with Gasteiger partial charge in [0.05, 0.1) is 11.4 Å². The fourth-order valence-corrected chi connectivity index (χ4v) is 8.22. The minimum atomic E-state index is 0.882. The summed E-state index contributed by atoms with van der Waals surface area (Å²) in [5.41, 5.74) is 9.26. The standard InChI is InChI=1S/C52H35NO/c1-3-39(40-18-7-4-15-34(40)2)36-27-30-38(31-28-36)53(50-33-37-17-6-8-19-41(37)43-21-10-11-22-44(43)50)49-26-13-12-23-45(49)46-24-14-25-47-48-32-29-35-16-5-9-20-42(35)51(48)54-52(46)47/h3-33H,1-2H2/b40-39+. The number of fused-ring (bicyclic) bond motifs is 8. The lowest BCUT2D eigenvalue weighted by molar-refractivity contribution is 0.674. The molecule has 10 rings (SSSR count). The van der Waals surface area contributed by atoms with Crippen LogP contribution in [0.5, 0.6) is 0 Å². The van der Waals surface area contributed by atoms with Crippen molar-refractivity contribution in [2.24, 2.45) is 0 Å². The molecule has 2 nitrogen and oxygen atoms in total. The number of para-hydroxylation sites is 2. The predicted octanol–water partition coefficient (Wildman–Crippen LogP) is 13.0. The molecule has 0 aliphatic heterocycles. The van der Waals surface area contributed by atoms with Gasteiger partial charge >= 0.3 is 0 Å². The average Bonchev–Trinajstić information content (AvgIpc) is 3.62. The molecule has 0 spiro atoms. The van der Waals surface area contributed by atoms with Crippen LogP contribution in [0.4, 0.5) is 17.1 Å². The summed E-state index contributed by atoms with van der Waals surface area (Å²) < 4.78 is 6.90. The third kappa shape index (κ3) is 5.03. The van der Waals surface area contributed by atoms with E-state index in [1.54, 1.807) is 0 Å². The summed E-state index contributed by atoms with van der Waals surface area (Å²) in [6, 6.07) is 64.8. The molecule has 0 bridgehead atoms. The molecule has 9 aromatic carbocycles. The first kappa shape index (κ1) is 31.6. The predicted molar refractivity (Wildman–Crippen MR) is 230 cm³/mol. The molecule has 54 heavy (non-hydrogen) atoms. The zero-order valence-corrected chi connectivity index (χ0v) is 29.7. The Balaban J connectivity index is 1.25. The first-order valence-electron chi connectivity index (χ1n) is 18.3. The summed E-state index contributed by atoms with van der Waals surface area (Å²) >= 11 is 0. The van der Waals surface area contributed by atoms with Crippen molar-refractivity contribution in [2.75, 3.05) is 4.90 Å². The normalized spacial score (nSPS) is 12.1. The Morgan fingerprint density at radius 2 is 1.09 bits per heavy atom. The van der Waals surface area contributed by atoms with Gasteiger partial charge in [-0.25, -0.2) is 0 Å². The van der Waals surface area contributed by atoms with Gasteiger partial charge in [-0.15, -0.1) is 0 Å². The molecule has 1 aromatic heterocycles. The number of allylic oxidation sites excluding steroid dienone is 1. The van der Waals surface area contributed by atoms with Crippen LogP contribution in [0.15, 0.2) is 199 Å². The van der Waals surface area contributed by atoms with Gasteiger partial charge in [0.15, 0.2) is 0 Å². The maximum Gasteiger partial charge on any atom is 0.143 e. The van der Waals surface area contributed by atoms with Crippen LogP contribution in [-0.4, -0.2) is 0 Å². The van der Waals surface area contributed by atoms with Gasteiger partial charge in [-0.3, -0.25) is 0 Å².